The summed E-state index contributed by atoms with van der Waals surface area (Å²) in [5, 5.41) is 10.6. The molecule has 0 bridgehead atoms. The first kappa shape index (κ1) is 16.5. The first-order valence-electron chi connectivity index (χ1n) is 8.20. The highest BCUT2D eigenvalue weighted by atomic mass is 35.5. The van der Waals surface area contributed by atoms with E-state index in [0.29, 0.717) is 11.6 Å². The van der Waals surface area contributed by atoms with E-state index in [9.17, 15) is 9.59 Å². The van der Waals surface area contributed by atoms with E-state index in [1.54, 1.807) is 4.57 Å². The van der Waals surface area contributed by atoms with Crippen molar-refractivity contribution in [1.82, 2.24) is 14.1 Å². The predicted molar refractivity (Wildman–Crippen MR) is 101 cm³/mol. The number of benzene rings is 2. The van der Waals surface area contributed by atoms with E-state index in [-0.39, 0.29) is 18.7 Å². The van der Waals surface area contributed by atoms with Gasteiger partial charge in [-0.25, -0.2) is 4.79 Å². The molecule has 0 unspecified atom stereocenters. The van der Waals surface area contributed by atoms with Crippen LogP contribution in [0.2, 0.25) is 5.02 Å². The van der Waals surface area contributed by atoms with Crippen molar-refractivity contribution < 1.29 is 9.90 Å². The molecule has 0 radical (unpaired) electrons. The van der Waals surface area contributed by atoms with Gasteiger partial charge in [-0.1, -0.05) is 23.7 Å². The molecule has 2 aromatic heterocycles. The Hall–Kier alpha value is -2.99. The molecule has 0 spiro atoms. The Morgan fingerprint density at radius 2 is 1.85 bits per heavy atom. The number of hydrogen-bond donors (Lipinski definition) is 2. The van der Waals surface area contributed by atoms with Gasteiger partial charge in [0.2, 0.25) is 0 Å². The highest BCUT2D eigenvalue weighted by Crippen LogP contribution is 2.25. The Labute approximate surface area is 153 Å². The van der Waals surface area contributed by atoms with Crippen molar-refractivity contribution in [2.75, 3.05) is 0 Å². The van der Waals surface area contributed by atoms with Gasteiger partial charge in [0.1, 0.15) is 0 Å². The number of carboxylic acid groups (broad SMARTS) is 1. The van der Waals surface area contributed by atoms with Crippen LogP contribution in [-0.4, -0.2) is 25.2 Å². The smallest absolute Gasteiger partial charge is 0.329 e. The quantitative estimate of drug-likeness (QED) is 0.565. The number of nitrogens with zero attached hydrogens (tertiary/aromatic N) is 2. The van der Waals surface area contributed by atoms with Gasteiger partial charge >= 0.3 is 11.7 Å². The molecule has 0 aliphatic heterocycles. The van der Waals surface area contributed by atoms with E-state index >= 15 is 0 Å². The molecule has 2 N–H and O–H groups in total. The van der Waals surface area contributed by atoms with Crippen LogP contribution in [-0.2, 0) is 17.9 Å². The number of aromatic nitrogens is 3. The number of nitrogens with one attached hydrogen (secondary N) is 1. The number of aryl methyl sites for hydroxylation is 1. The number of aromatic amines is 1. The topological polar surface area (TPSA) is 80.0 Å². The Balaban J connectivity index is 1.86. The molecule has 132 valence electrons. The third-order valence-corrected chi connectivity index (χ3v) is 4.74. The first-order chi connectivity index (χ1) is 12.5. The van der Waals surface area contributed by atoms with Gasteiger partial charge in [0.25, 0.3) is 0 Å². The first-order valence-corrected chi connectivity index (χ1v) is 8.58. The lowest BCUT2D eigenvalue weighted by Gasteiger charge is -2.06. The molecule has 4 rings (SSSR count). The zero-order chi connectivity index (χ0) is 18.3. The SMILES string of the molecule is O=C(O)CCn1c(=O)n(Cc2cc(Cl)cc3[nH]ccc23)c2ccccc21. The maximum Gasteiger partial charge on any atom is 0.329 e. The van der Waals surface area contributed by atoms with E-state index < -0.39 is 5.97 Å². The number of H-pyrrole nitrogens is 1. The molecule has 2 heterocycles. The van der Waals surface area contributed by atoms with Crippen molar-refractivity contribution in [1.29, 1.82) is 0 Å². The summed E-state index contributed by atoms with van der Waals surface area (Å²) in [5.41, 5.74) is 3.11. The molecule has 0 fully saturated rings. The van der Waals surface area contributed by atoms with Crippen LogP contribution < -0.4 is 5.69 Å². The van der Waals surface area contributed by atoms with Crippen LogP contribution in [0, 0.1) is 0 Å². The summed E-state index contributed by atoms with van der Waals surface area (Å²) in [7, 11) is 0. The second-order valence-corrected chi connectivity index (χ2v) is 6.59. The van der Waals surface area contributed by atoms with Gasteiger partial charge in [-0.05, 0) is 35.9 Å². The van der Waals surface area contributed by atoms with Crippen molar-refractivity contribution in [3.05, 3.63) is 69.7 Å². The van der Waals surface area contributed by atoms with Crippen molar-refractivity contribution >= 4 is 39.5 Å². The zero-order valence-electron chi connectivity index (χ0n) is 13.8. The number of aliphatic carboxylic acids is 1. The molecule has 0 saturated carbocycles. The molecular weight excluding hydrogens is 354 g/mol. The molecule has 0 aliphatic rings. The average Bonchev–Trinajstić information content (AvgIpc) is 3.17. The van der Waals surface area contributed by atoms with Crippen LogP contribution in [0.1, 0.15) is 12.0 Å². The molecule has 2 aromatic carbocycles. The summed E-state index contributed by atoms with van der Waals surface area (Å²) in [6, 6.07) is 13.1. The standard InChI is InChI=1S/C19H16ClN3O3/c20-13-9-12(14-5-7-21-15(14)10-13)11-23-17-4-2-1-3-16(17)22(19(23)26)8-6-18(24)25/h1-5,7,9-10,21H,6,8,11H2,(H,24,25). The fourth-order valence-electron chi connectivity index (χ4n) is 3.36. The summed E-state index contributed by atoms with van der Waals surface area (Å²) < 4.78 is 3.18. The van der Waals surface area contributed by atoms with Crippen LogP contribution in [0.25, 0.3) is 21.9 Å². The molecule has 6 nitrogen and oxygen atoms in total. The average molecular weight is 370 g/mol. The van der Waals surface area contributed by atoms with E-state index in [1.807, 2.05) is 48.7 Å². The fraction of sp³-hybridized carbons (Fsp3) is 0.158. The molecule has 26 heavy (non-hydrogen) atoms. The van der Waals surface area contributed by atoms with E-state index in [2.05, 4.69) is 4.98 Å². The van der Waals surface area contributed by atoms with Crippen molar-refractivity contribution in [3.8, 4) is 0 Å². The molecule has 0 aliphatic carbocycles. The normalized spacial score (nSPS) is 11.4. The van der Waals surface area contributed by atoms with Gasteiger partial charge in [-0.3, -0.25) is 13.9 Å². The summed E-state index contributed by atoms with van der Waals surface area (Å²) >= 11 is 6.22. The highest BCUT2D eigenvalue weighted by Gasteiger charge is 2.15. The lowest BCUT2D eigenvalue weighted by Crippen LogP contribution is -2.25. The van der Waals surface area contributed by atoms with E-state index in [1.165, 1.54) is 4.57 Å². The Morgan fingerprint density at radius 3 is 2.58 bits per heavy atom. The van der Waals surface area contributed by atoms with Crippen LogP contribution in [0.4, 0.5) is 0 Å². The summed E-state index contributed by atoms with van der Waals surface area (Å²) in [6.45, 7) is 0.491. The Morgan fingerprint density at radius 1 is 1.12 bits per heavy atom. The third kappa shape index (κ3) is 2.78. The molecule has 0 amide bonds. The second-order valence-electron chi connectivity index (χ2n) is 6.16. The monoisotopic (exact) mass is 369 g/mol. The van der Waals surface area contributed by atoms with Crippen LogP contribution >= 0.6 is 11.6 Å². The van der Waals surface area contributed by atoms with Crippen molar-refractivity contribution in [3.63, 3.8) is 0 Å². The van der Waals surface area contributed by atoms with Gasteiger partial charge in [0.15, 0.2) is 0 Å². The molecule has 4 aromatic rings. The minimum atomic E-state index is -0.933. The highest BCUT2D eigenvalue weighted by molar-refractivity contribution is 6.31. The summed E-state index contributed by atoms with van der Waals surface area (Å²) in [4.78, 5) is 27.0. The molecule has 0 atom stereocenters. The lowest BCUT2D eigenvalue weighted by molar-refractivity contribution is -0.137. The van der Waals surface area contributed by atoms with E-state index in [4.69, 9.17) is 16.7 Å². The summed E-state index contributed by atoms with van der Waals surface area (Å²) in [6.07, 6.45) is 1.73. The zero-order valence-corrected chi connectivity index (χ0v) is 14.5. The number of imidazole rings is 1. The number of halogens is 1. The third-order valence-electron chi connectivity index (χ3n) is 4.52. The Kier molecular flexibility index (Phi) is 4.05. The maximum absolute atomic E-state index is 13.0. The van der Waals surface area contributed by atoms with Crippen molar-refractivity contribution in [2.45, 2.75) is 19.5 Å². The van der Waals surface area contributed by atoms with Gasteiger partial charge in [0.05, 0.1) is 24.0 Å². The van der Waals surface area contributed by atoms with Crippen LogP contribution in [0.5, 0.6) is 0 Å². The Bertz CT molecular complexity index is 1190. The largest absolute Gasteiger partial charge is 0.481 e. The lowest BCUT2D eigenvalue weighted by atomic mass is 10.1. The van der Waals surface area contributed by atoms with Crippen LogP contribution in [0.15, 0.2) is 53.5 Å². The fourth-order valence-corrected chi connectivity index (χ4v) is 3.60. The number of carboxylic acids is 1. The number of rotatable bonds is 5. The van der Waals surface area contributed by atoms with E-state index in [0.717, 1.165) is 27.5 Å². The van der Waals surface area contributed by atoms with Crippen molar-refractivity contribution in [2.24, 2.45) is 0 Å². The minimum Gasteiger partial charge on any atom is -0.481 e. The number of fused-ring (bicyclic) bond motifs is 2. The molecular formula is C19H16ClN3O3. The predicted octanol–water partition coefficient (Wildman–Crippen LogP) is 3.46. The van der Waals surface area contributed by atoms with Gasteiger partial charge < -0.3 is 10.1 Å². The van der Waals surface area contributed by atoms with Gasteiger partial charge in [-0.15, -0.1) is 0 Å². The minimum absolute atomic E-state index is 0.104. The number of hydrogen-bond acceptors (Lipinski definition) is 2. The number of carbonyl (C=O) groups is 1. The van der Waals surface area contributed by atoms with Gasteiger partial charge in [-0.2, -0.15) is 0 Å². The molecule has 0 saturated heterocycles. The number of para-hydroxylation sites is 2. The molecule has 7 heteroatoms. The van der Waals surface area contributed by atoms with Crippen LogP contribution in [0.3, 0.4) is 0 Å². The van der Waals surface area contributed by atoms with Gasteiger partial charge in [0, 0.05) is 28.7 Å². The maximum atomic E-state index is 13.0. The summed E-state index contributed by atoms with van der Waals surface area (Å²) in [5.74, 6) is -0.933. The second kappa shape index (κ2) is 6.38.